The first-order valence-corrected chi connectivity index (χ1v) is 5.48. The number of nitrogens with two attached hydrogens (primary N) is 1. The third kappa shape index (κ3) is 4.68. The molecule has 0 spiro atoms. The van der Waals surface area contributed by atoms with Gasteiger partial charge in [-0.1, -0.05) is 18.2 Å². The lowest BCUT2D eigenvalue weighted by atomic mass is 10.1. The Morgan fingerprint density at radius 2 is 1.62 bits per heavy atom. The molecular formula is C12H18N2O2. The van der Waals surface area contributed by atoms with E-state index in [1.54, 1.807) is 0 Å². The molecule has 2 rings (SSSR count). The van der Waals surface area contributed by atoms with E-state index in [9.17, 15) is 0 Å². The highest BCUT2D eigenvalue weighted by molar-refractivity contribution is 5.61. The molecule has 0 atom stereocenters. The molecule has 16 heavy (non-hydrogen) atoms. The van der Waals surface area contributed by atoms with Crippen LogP contribution in [0.25, 0.3) is 0 Å². The summed E-state index contributed by atoms with van der Waals surface area (Å²) in [5.41, 5.74) is 5.41. The molecule has 0 aliphatic carbocycles. The summed E-state index contributed by atoms with van der Waals surface area (Å²) in [6, 6.07) is 10.7. The van der Waals surface area contributed by atoms with Crippen LogP contribution in [0.4, 0.5) is 10.5 Å². The summed E-state index contributed by atoms with van der Waals surface area (Å²) in [4.78, 5) is 11.3. The van der Waals surface area contributed by atoms with Gasteiger partial charge in [0, 0.05) is 18.8 Å². The van der Waals surface area contributed by atoms with E-state index in [0.717, 1.165) is 0 Å². The van der Waals surface area contributed by atoms with Gasteiger partial charge in [-0.15, -0.1) is 0 Å². The van der Waals surface area contributed by atoms with E-state index >= 15 is 0 Å². The number of rotatable bonds is 1. The van der Waals surface area contributed by atoms with Crippen molar-refractivity contribution in [1.29, 1.82) is 0 Å². The van der Waals surface area contributed by atoms with Crippen LogP contribution in [0.2, 0.25) is 0 Å². The van der Waals surface area contributed by atoms with Gasteiger partial charge in [0.2, 0.25) is 0 Å². The number of piperidine rings is 1. The zero-order chi connectivity index (χ0) is 11.8. The molecule has 4 nitrogen and oxygen atoms in total. The largest absolute Gasteiger partial charge is 0.465 e. The molecule has 1 heterocycles. The summed E-state index contributed by atoms with van der Waals surface area (Å²) in [6.45, 7) is 2.48. The molecule has 0 aromatic heterocycles. The maximum Gasteiger partial charge on any atom is 0.402 e. The van der Waals surface area contributed by atoms with Gasteiger partial charge in [0.05, 0.1) is 0 Å². The Balaban J connectivity index is 0.000000280. The summed E-state index contributed by atoms with van der Waals surface area (Å²) < 4.78 is 0. The van der Waals surface area contributed by atoms with E-state index in [1.807, 2.05) is 0 Å². The lowest BCUT2D eigenvalue weighted by Crippen LogP contribution is -2.29. The molecular weight excluding hydrogens is 204 g/mol. The van der Waals surface area contributed by atoms with E-state index in [-0.39, 0.29) is 0 Å². The maximum atomic E-state index is 8.78. The predicted molar refractivity (Wildman–Crippen MR) is 64.7 cm³/mol. The summed E-state index contributed by atoms with van der Waals surface area (Å²) in [7, 11) is 0. The van der Waals surface area contributed by atoms with Crippen LogP contribution in [0, 0.1) is 0 Å². The van der Waals surface area contributed by atoms with Gasteiger partial charge in [0.1, 0.15) is 0 Å². The number of amides is 1. The number of benzene rings is 1. The van der Waals surface area contributed by atoms with Crippen molar-refractivity contribution in [3.05, 3.63) is 30.3 Å². The van der Waals surface area contributed by atoms with Crippen molar-refractivity contribution < 1.29 is 9.90 Å². The predicted octanol–water partition coefficient (Wildman–Crippen LogP) is 2.30. The maximum absolute atomic E-state index is 8.78. The summed E-state index contributed by atoms with van der Waals surface area (Å²) in [6.07, 6.45) is 2.78. The van der Waals surface area contributed by atoms with Crippen molar-refractivity contribution in [3.8, 4) is 0 Å². The smallest absolute Gasteiger partial charge is 0.402 e. The minimum atomic E-state index is -1.33. The van der Waals surface area contributed by atoms with Crippen molar-refractivity contribution in [2.75, 3.05) is 18.0 Å². The minimum absolute atomic E-state index is 1.24. The Hall–Kier alpha value is -1.71. The summed E-state index contributed by atoms with van der Waals surface area (Å²) in [5, 5.41) is 7.19. The van der Waals surface area contributed by atoms with Crippen molar-refractivity contribution in [3.63, 3.8) is 0 Å². The number of primary amides is 1. The second-order valence-corrected chi connectivity index (χ2v) is 3.72. The molecule has 0 radical (unpaired) electrons. The second-order valence-electron chi connectivity index (χ2n) is 3.72. The van der Waals surface area contributed by atoms with Gasteiger partial charge >= 0.3 is 6.09 Å². The molecule has 0 unspecified atom stereocenters. The molecule has 1 saturated heterocycles. The Bertz CT molecular complexity index is 304. The van der Waals surface area contributed by atoms with Crippen LogP contribution in [0.15, 0.2) is 30.3 Å². The average molecular weight is 222 g/mol. The molecule has 1 aliphatic rings. The van der Waals surface area contributed by atoms with Crippen molar-refractivity contribution in [2.45, 2.75) is 19.3 Å². The number of nitrogens with zero attached hydrogens (tertiary/aromatic N) is 1. The Morgan fingerprint density at radius 3 is 2.12 bits per heavy atom. The molecule has 88 valence electrons. The molecule has 0 saturated carbocycles. The number of anilines is 1. The van der Waals surface area contributed by atoms with Crippen LogP contribution in [-0.4, -0.2) is 24.3 Å². The van der Waals surface area contributed by atoms with Gasteiger partial charge in [-0.2, -0.15) is 0 Å². The molecule has 1 aromatic rings. The molecule has 1 aliphatic heterocycles. The first kappa shape index (κ1) is 12.4. The fourth-order valence-corrected chi connectivity index (χ4v) is 1.79. The Labute approximate surface area is 95.7 Å². The number of carbonyl (C=O) groups is 1. The molecule has 4 heteroatoms. The number of hydrogen-bond donors (Lipinski definition) is 2. The number of para-hydroxylation sites is 1. The Morgan fingerprint density at radius 1 is 1.12 bits per heavy atom. The van der Waals surface area contributed by atoms with Crippen LogP contribution in [0.1, 0.15) is 19.3 Å². The molecule has 1 amide bonds. The van der Waals surface area contributed by atoms with Crippen LogP contribution in [-0.2, 0) is 0 Å². The highest BCUT2D eigenvalue weighted by Crippen LogP contribution is 2.18. The third-order valence-corrected chi connectivity index (χ3v) is 2.48. The zero-order valence-electron chi connectivity index (χ0n) is 9.30. The van der Waals surface area contributed by atoms with Gasteiger partial charge in [0.15, 0.2) is 0 Å². The average Bonchev–Trinajstić information content (AvgIpc) is 2.31. The van der Waals surface area contributed by atoms with E-state index in [0.29, 0.717) is 0 Å². The summed E-state index contributed by atoms with van der Waals surface area (Å²) >= 11 is 0. The Kier molecular flexibility index (Phi) is 5.19. The molecule has 0 bridgehead atoms. The standard InChI is InChI=1S/C11H15N.CH3NO2/c1-3-7-11(8-4-1)12-9-5-2-6-10-12;2-1(3)4/h1,3-4,7-8H,2,5-6,9-10H2;2H2,(H,3,4). The van der Waals surface area contributed by atoms with E-state index in [4.69, 9.17) is 9.90 Å². The van der Waals surface area contributed by atoms with E-state index in [1.165, 1.54) is 38.0 Å². The first-order valence-electron chi connectivity index (χ1n) is 5.48. The number of carboxylic acid groups (broad SMARTS) is 1. The van der Waals surface area contributed by atoms with Gasteiger partial charge in [-0.3, -0.25) is 0 Å². The monoisotopic (exact) mass is 222 g/mol. The fraction of sp³-hybridized carbons (Fsp3) is 0.417. The van der Waals surface area contributed by atoms with E-state index in [2.05, 4.69) is 41.0 Å². The van der Waals surface area contributed by atoms with Crippen molar-refractivity contribution in [1.82, 2.24) is 0 Å². The van der Waals surface area contributed by atoms with Crippen LogP contribution < -0.4 is 10.6 Å². The van der Waals surface area contributed by atoms with Gasteiger partial charge in [-0.25, -0.2) is 4.79 Å². The van der Waals surface area contributed by atoms with Crippen LogP contribution in [0.5, 0.6) is 0 Å². The highest BCUT2D eigenvalue weighted by Gasteiger charge is 2.09. The normalized spacial score (nSPS) is 14.9. The van der Waals surface area contributed by atoms with Gasteiger partial charge in [-0.05, 0) is 31.4 Å². The highest BCUT2D eigenvalue weighted by atomic mass is 16.4. The second kappa shape index (κ2) is 6.71. The van der Waals surface area contributed by atoms with Crippen LogP contribution >= 0.6 is 0 Å². The van der Waals surface area contributed by atoms with Crippen LogP contribution in [0.3, 0.4) is 0 Å². The molecule has 1 aromatic carbocycles. The van der Waals surface area contributed by atoms with Gasteiger partial charge < -0.3 is 15.7 Å². The third-order valence-electron chi connectivity index (χ3n) is 2.48. The van der Waals surface area contributed by atoms with Crippen molar-refractivity contribution in [2.24, 2.45) is 5.73 Å². The quantitative estimate of drug-likeness (QED) is 0.766. The lowest BCUT2D eigenvalue weighted by Gasteiger charge is -2.28. The number of hydrogen-bond acceptors (Lipinski definition) is 2. The van der Waals surface area contributed by atoms with E-state index < -0.39 is 6.09 Å². The minimum Gasteiger partial charge on any atom is -0.465 e. The zero-order valence-corrected chi connectivity index (χ0v) is 9.30. The topological polar surface area (TPSA) is 66.6 Å². The van der Waals surface area contributed by atoms with Crippen molar-refractivity contribution >= 4 is 11.8 Å². The molecule has 1 fully saturated rings. The van der Waals surface area contributed by atoms with Gasteiger partial charge in [0.25, 0.3) is 0 Å². The lowest BCUT2D eigenvalue weighted by molar-refractivity contribution is 0.205. The fourth-order valence-electron chi connectivity index (χ4n) is 1.79. The molecule has 3 N–H and O–H groups in total. The summed E-state index contributed by atoms with van der Waals surface area (Å²) in [5.74, 6) is 0. The SMILES string of the molecule is NC(=O)O.c1ccc(N2CCCCC2)cc1. The first-order chi connectivity index (χ1) is 7.70.